The van der Waals surface area contributed by atoms with Crippen molar-refractivity contribution in [2.75, 3.05) is 26.2 Å². The maximum atomic E-state index is 14.9. The molecule has 3 heterocycles. The predicted molar refractivity (Wildman–Crippen MR) is 143 cm³/mol. The zero-order chi connectivity index (χ0) is 31.1. The van der Waals surface area contributed by atoms with Crippen molar-refractivity contribution in [2.45, 2.75) is 76.6 Å². The molecule has 1 atom stereocenters. The summed E-state index contributed by atoms with van der Waals surface area (Å²) in [6.07, 6.45) is 0.692. The number of nitrogens with zero attached hydrogens (tertiary/aromatic N) is 4. The molecule has 2 aromatic rings. The Kier molecular flexibility index (Phi) is 8.34. The second-order valence-corrected chi connectivity index (χ2v) is 11.5. The monoisotopic (exact) mass is 608 g/mol. The van der Waals surface area contributed by atoms with Gasteiger partial charge in [0.1, 0.15) is 12.4 Å². The first-order chi connectivity index (χ1) is 20.3. The van der Waals surface area contributed by atoms with Gasteiger partial charge in [-0.05, 0) is 61.2 Å². The molecule has 1 saturated carbocycles. The molecular weight excluding hydrogens is 576 g/mol. The fourth-order valence-electron chi connectivity index (χ4n) is 6.13. The van der Waals surface area contributed by atoms with Crippen molar-refractivity contribution >= 4 is 17.8 Å². The number of rotatable bonds is 5. The number of benzene rings is 1. The molecule has 14 heteroatoms. The van der Waals surface area contributed by atoms with Crippen molar-refractivity contribution in [1.82, 2.24) is 19.7 Å². The lowest BCUT2D eigenvalue weighted by atomic mass is 9.82. The first-order valence-corrected chi connectivity index (χ1v) is 14.2. The van der Waals surface area contributed by atoms with Crippen LogP contribution in [0.1, 0.15) is 71.3 Å². The summed E-state index contributed by atoms with van der Waals surface area (Å²) in [7, 11) is 0. The molecule has 232 valence electrons. The summed E-state index contributed by atoms with van der Waals surface area (Å²) in [5.74, 6) is -4.33. The van der Waals surface area contributed by atoms with Gasteiger partial charge in [0.05, 0.1) is 29.5 Å². The van der Waals surface area contributed by atoms with Crippen LogP contribution in [0.5, 0.6) is 0 Å². The summed E-state index contributed by atoms with van der Waals surface area (Å²) in [6, 6.07) is 3.66. The first kappa shape index (κ1) is 30.6. The molecule has 10 nitrogen and oxygen atoms in total. The standard InChI is InChI=1S/C29H32F4N4O6/c1-17-18(2)25(39)37(43-27(41)29(31,32)33)34-23(17)13-19-6-7-22(30)21(12-19)26(40)35-10-11-36(24(38)15-35)20-14-28(42-16-20)8-4-3-5-9-28/h6-7,12,20H,3-5,8-11,13-16H2,1-2H3. The van der Waals surface area contributed by atoms with Gasteiger partial charge in [-0.3, -0.25) is 14.4 Å². The second-order valence-electron chi connectivity index (χ2n) is 11.5. The molecule has 3 aliphatic rings. The third-order valence-electron chi connectivity index (χ3n) is 8.67. The number of ether oxygens (including phenoxy) is 1. The summed E-state index contributed by atoms with van der Waals surface area (Å²) < 4.78 is 59.1. The number of halogens is 4. The SMILES string of the molecule is Cc1c(Cc2ccc(F)c(C(=O)N3CCN(C4COC5(CCCCC5)C4)C(=O)C3)c2)nn(OC(=O)C(F)(F)F)c(=O)c1C. The van der Waals surface area contributed by atoms with E-state index < -0.39 is 29.4 Å². The number of piperazine rings is 1. The average Bonchev–Trinajstić information content (AvgIpc) is 3.37. The van der Waals surface area contributed by atoms with Crippen LogP contribution in [0, 0.1) is 19.7 Å². The van der Waals surface area contributed by atoms with Crippen LogP contribution in [-0.4, -0.2) is 81.6 Å². The van der Waals surface area contributed by atoms with Crippen LogP contribution < -0.4 is 10.4 Å². The Morgan fingerprint density at radius 3 is 2.49 bits per heavy atom. The van der Waals surface area contributed by atoms with Crippen molar-refractivity contribution in [3.05, 3.63) is 62.3 Å². The smallest absolute Gasteiger partial charge is 0.373 e. The Hall–Kier alpha value is -3.81. The zero-order valence-electron chi connectivity index (χ0n) is 23.8. The van der Waals surface area contributed by atoms with E-state index in [4.69, 9.17) is 4.74 Å². The number of aromatic nitrogens is 2. The van der Waals surface area contributed by atoms with Gasteiger partial charge < -0.3 is 19.4 Å². The van der Waals surface area contributed by atoms with E-state index in [9.17, 15) is 36.7 Å². The molecule has 1 spiro atoms. The van der Waals surface area contributed by atoms with Crippen LogP contribution in [0.3, 0.4) is 0 Å². The second kappa shape index (κ2) is 11.7. The lowest BCUT2D eigenvalue weighted by molar-refractivity contribution is -0.202. The van der Waals surface area contributed by atoms with Crippen LogP contribution in [0.25, 0.3) is 0 Å². The molecule has 0 bridgehead atoms. The van der Waals surface area contributed by atoms with Crippen molar-refractivity contribution < 1.29 is 41.5 Å². The molecule has 1 aliphatic carbocycles. The van der Waals surface area contributed by atoms with Gasteiger partial charge in [-0.15, -0.1) is 5.10 Å². The molecule has 0 radical (unpaired) electrons. The fraction of sp³-hybridized carbons (Fsp3) is 0.552. The lowest BCUT2D eigenvalue weighted by Crippen LogP contribution is -2.56. The number of carbonyl (C=O) groups is 3. The minimum absolute atomic E-state index is 0.00293. The molecule has 2 saturated heterocycles. The highest BCUT2D eigenvalue weighted by Gasteiger charge is 2.45. The van der Waals surface area contributed by atoms with Crippen LogP contribution >= 0.6 is 0 Å². The maximum absolute atomic E-state index is 14.9. The molecule has 2 amide bonds. The molecule has 3 fully saturated rings. The minimum atomic E-state index is -5.35. The minimum Gasteiger partial charge on any atom is -0.373 e. The molecule has 2 aliphatic heterocycles. The van der Waals surface area contributed by atoms with Gasteiger partial charge in [-0.1, -0.05) is 25.3 Å². The summed E-state index contributed by atoms with van der Waals surface area (Å²) in [5.41, 5.74) is -0.732. The molecule has 0 N–H and O–H groups in total. The van der Waals surface area contributed by atoms with Gasteiger partial charge in [0.25, 0.3) is 5.91 Å². The number of hydrogen-bond acceptors (Lipinski definition) is 7. The van der Waals surface area contributed by atoms with Crippen molar-refractivity contribution in [3.8, 4) is 0 Å². The lowest BCUT2D eigenvalue weighted by Gasteiger charge is -2.38. The van der Waals surface area contributed by atoms with Gasteiger partial charge in [0.2, 0.25) is 5.91 Å². The summed E-state index contributed by atoms with van der Waals surface area (Å²) in [4.78, 5) is 57.2. The van der Waals surface area contributed by atoms with Gasteiger partial charge >= 0.3 is 17.7 Å². The van der Waals surface area contributed by atoms with E-state index in [0.29, 0.717) is 24.3 Å². The van der Waals surface area contributed by atoms with Crippen LogP contribution in [0.2, 0.25) is 0 Å². The highest BCUT2D eigenvalue weighted by Crippen LogP contribution is 2.41. The van der Waals surface area contributed by atoms with E-state index in [2.05, 4.69) is 9.94 Å². The third-order valence-corrected chi connectivity index (χ3v) is 8.67. The Morgan fingerprint density at radius 2 is 1.81 bits per heavy atom. The number of amides is 2. The molecule has 1 unspecified atom stereocenters. The van der Waals surface area contributed by atoms with Crippen LogP contribution in [0.4, 0.5) is 17.6 Å². The molecular formula is C29H32F4N4O6. The van der Waals surface area contributed by atoms with Gasteiger partial charge in [-0.2, -0.15) is 13.2 Å². The number of carbonyl (C=O) groups excluding carboxylic acids is 3. The fourth-order valence-corrected chi connectivity index (χ4v) is 6.13. The van der Waals surface area contributed by atoms with Gasteiger partial charge in [0.15, 0.2) is 0 Å². The highest BCUT2D eigenvalue weighted by atomic mass is 19.4. The maximum Gasteiger partial charge on any atom is 0.493 e. The topological polar surface area (TPSA) is 111 Å². The third kappa shape index (κ3) is 6.29. The van der Waals surface area contributed by atoms with E-state index in [-0.39, 0.29) is 58.7 Å². The Bertz CT molecular complexity index is 1500. The molecule has 43 heavy (non-hydrogen) atoms. The van der Waals surface area contributed by atoms with Gasteiger partial charge in [-0.25, -0.2) is 9.18 Å². The van der Waals surface area contributed by atoms with Crippen molar-refractivity contribution in [3.63, 3.8) is 0 Å². The first-order valence-electron chi connectivity index (χ1n) is 14.2. The normalized spacial score (nSPS) is 20.5. The van der Waals surface area contributed by atoms with E-state index in [0.717, 1.165) is 38.2 Å². The largest absolute Gasteiger partial charge is 0.493 e. The Balaban J connectivity index is 1.29. The van der Waals surface area contributed by atoms with E-state index >= 15 is 0 Å². The number of hydrogen-bond donors (Lipinski definition) is 0. The van der Waals surface area contributed by atoms with E-state index in [1.165, 1.54) is 37.3 Å². The summed E-state index contributed by atoms with van der Waals surface area (Å²) in [5, 5.41) is 3.77. The van der Waals surface area contributed by atoms with Crippen molar-refractivity contribution in [2.24, 2.45) is 0 Å². The molecule has 1 aromatic heterocycles. The Labute approximate surface area is 244 Å². The number of alkyl halides is 3. The average molecular weight is 609 g/mol. The quantitative estimate of drug-likeness (QED) is 0.480. The zero-order valence-corrected chi connectivity index (χ0v) is 23.8. The predicted octanol–water partition coefficient (Wildman–Crippen LogP) is 2.88. The Morgan fingerprint density at radius 1 is 1.09 bits per heavy atom. The molecule has 5 rings (SSSR count). The van der Waals surface area contributed by atoms with Gasteiger partial charge in [0, 0.05) is 25.1 Å². The van der Waals surface area contributed by atoms with Crippen LogP contribution in [0.15, 0.2) is 23.0 Å². The summed E-state index contributed by atoms with van der Waals surface area (Å²) in [6.45, 7) is 3.63. The van der Waals surface area contributed by atoms with Crippen molar-refractivity contribution in [1.29, 1.82) is 0 Å². The molecule has 1 aromatic carbocycles. The van der Waals surface area contributed by atoms with Crippen LogP contribution in [-0.2, 0) is 20.7 Å². The highest BCUT2D eigenvalue weighted by molar-refractivity contribution is 5.97. The summed E-state index contributed by atoms with van der Waals surface area (Å²) >= 11 is 0. The van der Waals surface area contributed by atoms with E-state index in [1.807, 2.05) is 0 Å². The van der Waals surface area contributed by atoms with E-state index in [1.54, 1.807) is 4.90 Å².